The van der Waals surface area contributed by atoms with Gasteiger partial charge in [0.05, 0.1) is 17.4 Å². The highest BCUT2D eigenvalue weighted by Crippen LogP contribution is 2.33. The molecular weight excluding hydrogens is 428 g/mol. The number of imidazole rings is 1. The molecule has 1 saturated heterocycles. The molecule has 1 aliphatic carbocycles. The van der Waals surface area contributed by atoms with Crippen LogP contribution < -0.4 is 0 Å². The molecule has 2 aliphatic heterocycles. The van der Waals surface area contributed by atoms with E-state index in [9.17, 15) is 0 Å². The first-order valence-corrected chi connectivity index (χ1v) is 12.3. The molecule has 3 aliphatic rings. The van der Waals surface area contributed by atoms with E-state index >= 15 is 0 Å². The van der Waals surface area contributed by atoms with Crippen LogP contribution in [0.3, 0.4) is 0 Å². The Morgan fingerprint density at radius 2 is 1.76 bits per heavy atom. The lowest BCUT2D eigenvalue weighted by Crippen LogP contribution is -2.17. The van der Waals surface area contributed by atoms with Gasteiger partial charge in [-0.2, -0.15) is 5.10 Å². The second kappa shape index (κ2) is 8.87. The van der Waals surface area contributed by atoms with Crippen LogP contribution in [-0.2, 0) is 17.7 Å². The average Bonchev–Trinajstić information content (AvgIpc) is 3.22. The molecule has 2 fully saturated rings. The summed E-state index contributed by atoms with van der Waals surface area (Å²) in [5, 5.41) is 4.09. The fraction of sp³-hybridized carbons (Fsp3) is 0.520. The van der Waals surface area contributed by atoms with Crippen molar-refractivity contribution < 1.29 is 4.74 Å². The fourth-order valence-electron chi connectivity index (χ4n) is 4.65. The molecule has 9 nitrogen and oxygen atoms in total. The van der Waals surface area contributed by atoms with Gasteiger partial charge in [0.15, 0.2) is 5.65 Å². The topological polar surface area (TPSA) is 96.4 Å². The van der Waals surface area contributed by atoms with Crippen molar-refractivity contribution in [2.24, 2.45) is 0 Å². The summed E-state index contributed by atoms with van der Waals surface area (Å²) < 4.78 is 9.76. The van der Waals surface area contributed by atoms with Crippen molar-refractivity contribution in [2.45, 2.75) is 70.9 Å². The van der Waals surface area contributed by atoms with Crippen LogP contribution in [0.4, 0.5) is 0 Å². The third kappa shape index (κ3) is 4.20. The van der Waals surface area contributed by atoms with Gasteiger partial charge in [0.1, 0.15) is 28.6 Å². The van der Waals surface area contributed by atoms with Crippen LogP contribution in [0.5, 0.6) is 0 Å². The van der Waals surface area contributed by atoms with E-state index < -0.39 is 0 Å². The van der Waals surface area contributed by atoms with E-state index in [2.05, 4.69) is 15.9 Å². The normalized spacial score (nSPS) is 18.1. The summed E-state index contributed by atoms with van der Waals surface area (Å²) in [6.45, 7) is 6.51. The lowest BCUT2D eigenvalue weighted by Gasteiger charge is -2.21. The Morgan fingerprint density at radius 3 is 2.50 bits per heavy atom. The van der Waals surface area contributed by atoms with Gasteiger partial charge >= 0.3 is 0 Å². The van der Waals surface area contributed by atoms with E-state index in [1.807, 2.05) is 37.0 Å². The highest BCUT2D eigenvalue weighted by Gasteiger charge is 2.25. The molecule has 1 saturated carbocycles. The van der Waals surface area contributed by atoms with Gasteiger partial charge in [0, 0.05) is 50.7 Å². The minimum atomic E-state index is 0.310. The smallest absolute Gasteiger partial charge is 0.182 e. The molecule has 4 aromatic heterocycles. The highest BCUT2D eigenvalue weighted by molar-refractivity contribution is 5.85. The van der Waals surface area contributed by atoms with Gasteiger partial charge in [-0.15, -0.1) is 0 Å². The summed E-state index contributed by atoms with van der Waals surface area (Å²) in [7, 11) is 0. The number of aryl methyl sites for hydroxylation is 4. The second-order valence-electron chi connectivity index (χ2n) is 9.44. The maximum absolute atomic E-state index is 5.50. The molecule has 0 amide bonds. The predicted molar refractivity (Wildman–Crippen MR) is 127 cm³/mol. The van der Waals surface area contributed by atoms with Crippen molar-refractivity contribution in [3.63, 3.8) is 0 Å². The molecule has 0 spiro atoms. The number of nitrogens with zero attached hydrogens (tertiary/aromatic N) is 8. The molecule has 0 aromatic carbocycles. The van der Waals surface area contributed by atoms with Crippen molar-refractivity contribution in [3.05, 3.63) is 47.7 Å². The summed E-state index contributed by atoms with van der Waals surface area (Å²) in [5.74, 6) is 2.29. The summed E-state index contributed by atoms with van der Waals surface area (Å²) in [6, 6.07) is 2.71. The Kier molecular flexibility index (Phi) is 5.57. The van der Waals surface area contributed by atoms with Crippen molar-refractivity contribution >= 4 is 11.2 Å². The van der Waals surface area contributed by atoms with E-state index in [-0.39, 0.29) is 0 Å². The van der Waals surface area contributed by atoms with E-state index in [0.29, 0.717) is 11.6 Å². The van der Waals surface area contributed by atoms with E-state index in [1.165, 1.54) is 19.3 Å². The molecule has 0 radical (unpaired) electrons. The number of rotatable bonds is 3. The van der Waals surface area contributed by atoms with E-state index in [0.717, 1.165) is 85.0 Å². The largest absolute Gasteiger partial charge is 0.381 e. The molecular formula is C25H30N8O. The molecule has 9 heteroatoms. The summed E-state index contributed by atoms with van der Waals surface area (Å²) in [6.07, 6.45) is 12.7. The lowest BCUT2D eigenvalue weighted by atomic mass is 9.99. The van der Waals surface area contributed by atoms with Gasteiger partial charge in [-0.25, -0.2) is 24.9 Å². The van der Waals surface area contributed by atoms with Gasteiger partial charge in [-0.3, -0.25) is 4.68 Å². The van der Waals surface area contributed by atoms with Crippen LogP contribution in [0.1, 0.15) is 67.1 Å². The Morgan fingerprint density at radius 1 is 0.941 bits per heavy atom. The van der Waals surface area contributed by atoms with Crippen LogP contribution >= 0.6 is 0 Å². The zero-order chi connectivity index (χ0) is 23.1. The Bertz CT molecular complexity index is 1280. The number of ether oxygens (including phenoxy) is 1. The Balaban J connectivity index is 0.000000228. The highest BCUT2D eigenvalue weighted by atomic mass is 16.5. The fourth-order valence-corrected chi connectivity index (χ4v) is 4.65. The zero-order valence-electron chi connectivity index (χ0n) is 19.8. The molecule has 7 rings (SSSR count). The number of aromatic nitrogens is 8. The number of hydrogen-bond donors (Lipinski definition) is 0. The summed E-state index contributed by atoms with van der Waals surface area (Å²) in [5.41, 5.74) is 4.95. The molecule has 4 aromatic rings. The standard InChI is InChI=1S/C19H22N6O.C6H8N2/c1-11-12(2)21-19-17(20-11)16(14-10-25-7-3-4-15(25)22-14)23-18(24-19)13-5-8-26-9-6-13;1-4-7-8(5-1)6-2-3-6/h10,13H,3-9H2,1-2H3;1,4-6H,2-3H2. The van der Waals surface area contributed by atoms with Crippen LogP contribution in [0, 0.1) is 13.8 Å². The average molecular weight is 459 g/mol. The van der Waals surface area contributed by atoms with E-state index in [1.54, 1.807) is 0 Å². The van der Waals surface area contributed by atoms with Crippen molar-refractivity contribution in [3.8, 4) is 11.4 Å². The van der Waals surface area contributed by atoms with Gasteiger partial charge in [-0.1, -0.05) is 0 Å². The Hall–Kier alpha value is -3.20. The second-order valence-corrected chi connectivity index (χ2v) is 9.44. The Labute approximate surface area is 198 Å². The van der Waals surface area contributed by atoms with E-state index in [4.69, 9.17) is 29.7 Å². The molecule has 0 N–H and O–H groups in total. The molecule has 6 heterocycles. The van der Waals surface area contributed by atoms with Crippen LogP contribution in [-0.4, -0.2) is 52.5 Å². The molecule has 0 atom stereocenters. The van der Waals surface area contributed by atoms with Crippen LogP contribution in [0.25, 0.3) is 22.6 Å². The third-order valence-corrected chi connectivity index (χ3v) is 6.89. The monoisotopic (exact) mass is 458 g/mol. The maximum Gasteiger partial charge on any atom is 0.182 e. The predicted octanol–water partition coefficient (Wildman–Crippen LogP) is 3.96. The molecule has 176 valence electrons. The van der Waals surface area contributed by atoms with Crippen LogP contribution in [0.15, 0.2) is 24.7 Å². The van der Waals surface area contributed by atoms with Crippen molar-refractivity contribution in [1.29, 1.82) is 0 Å². The quantitative estimate of drug-likeness (QED) is 0.458. The minimum Gasteiger partial charge on any atom is -0.381 e. The van der Waals surface area contributed by atoms with Crippen molar-refractivity contribution in [2.75, 3.05) is 13.2 Å². The van der Waals surface area contributed by atoms with Gasteiger partial charge < -0.3 is 9.30 Å². The number of hydrogen-bond acceptors (Lipinski definition) is 7. The first kappa shape index (κ1) is 21.3. The summed E-state index contributed by atoms with van der Waals surface area (Å²) in [4.78, 5) is 24.0. The SMILES string of the molecule is Cc1nc2nc(C3CCOCC3)nc(-c3cn4c(n3)CCC4)c2nc1C.c1cnn(C2CC2)c1. The van der Waals surface area contributed by atoms with Gasteiger partial charge in [0.25, 0.3) is 0 Å². The van der Waals surface area contributed by atoms with Crippen molar-refractivity contribution in [1.82, 2.24) is 39.3 Å². The molecule has 0 bridgehead atoms. The third-order valence-electron chi connectivity index (χ3n) is 6.89. The van der Waals surface area contributed by atoms with Gasteiger partial charge in [-0.05, 0) is 52.0 Å². The molecule has 0 unspecified atom stereocenters. The summed E-state index contributed by atoms with van der Waals surface area (Å²) >= 11 is 0. The first-order chi connectivity index (χ1) is 16.7. The zero-order valence-corrected chi connectivity index (χ0v) is 19.8. The minimum absolute atomic E-state index is 0.310. The lowest BCUT2D eigenvalue weighted by molar-refractivity contribution is 0.0836. The first-order valence-electron chi connectivity index (χ1n) is 12.3. The molecule has 34 heavy (non-hydrogen) atoms. The number of fused-ring (bicyclic) bond motifs is 2. The van der Waals surface area contributed by atoms with Crippen LogP contribution in [0.2, 0.25) is 0 Å². The maximum atomic E-state index is 5.50. The van der Waals surface area contributed by atoms with Gasteiger partial charge in [0.2, 0.25) is 0 Å².